The van der Waals surface area contributed by atoms with Crippen molar-refractivity contribution in [2.75, 3.05) is 20.3 Å². The van der Waals surface area contributed by atoms with Crippen LogP contribution in [0.25, 0.3) is 10.2 Å². The molecule has 1 aromatic carbocycles. The molecule has 0 aliphatic carbocycles. The molecule has 1 heterocycles. The van der Waals surface area contributed by atoms with Crippen molar-refractivity contribution in [2.24, 2.45) is 0 Å². The van der Waals surface area contributed by atoms with Gasteiger partial charge in [0.2, 0.25) is 0 Å². The Labute approximate surface area is 130 Å². The summed E-state index contributed by atoms with van der Waals surface area (Å²) in [4.78, 5) is 4.20. The molecular weight excluding hydrogens is 289 g/mol. The zero-order chi connectivity index (χ0) is 15.7. The number of aromatic nitrogens is 1. The van der Waals surface area contributed by atoms with Crippen molar-refractivity contribution in [3.8, 4) is 5.75 Å². The van der Waals surface area contributed by atoms with Crippen molar-refractivity contribution in [2.45, 2.75) is 40.0 Å². The fourth-order valence-corrected chi connectivity index (χ4v) is 2.57. The quantitative estimate of drug-likeness (QED) is 0.706. The molecule has 0 radical (unpaired) electrons. The van der Waals surface area contributed by atoms with E-state index in [0.717, 1.165) is 29.3 Å². The van der Waals surface area contributed by atoms with Crippen LogP contribution in [0.15, 0.2) is 12.1 Å². The summed E-state index contributed by atoms with van der Waals surface area (Å²) in [6.07, 6.45) is 3.59. The Bertz CT molecular complexity index is 536. The predicted octanol–water partition coefficient (Wildman–Crippen LogP) is 4.97. The van der Waals surface area contributed by atoms with Gasteiger partial charge in [0, 0.05) is 13.2 Å². The van der Waals surface area contributed by atoms with E-state index < -0.39 is 0 Å². The van der Waals surface area contributed by atoms with Gasteiger partial charge in [0.15, 0.2) is 11.6 Å². The van der Waals surface area contributed by atoms with Crippen molar-refractivity contribution >= 4 is 21.6 Å². The lowest BCUT2D eigenvalue weighted by Gasteiger charge is -2.00. The summed E-state index contributed by atoms with van der Waals surface area (Å²) in [5, 5.41) is 0.916. The molecule has 0 N–H and O–H groups in total. The SMILES string of the molecule is CCCCOCCC.COc1c(F)ccc2sc(C)nc12. The smallest absolute Gasteiger partial charge is 0.181 e. The molecule has 21 heavy (non-hydrogen) atoms. The molecule has 0 bridgehead atoms. The second-order valence-corrected chi connectivity index (χ2v) is 5.86. The Kier molecular flexibility index (Phi) is 8.23. The monoisotopic (exact) mass is 313 g/mol. The zero-order valence-corrected chi connectivity index (χ0v) is 14.1. The first-order valence-corrected chi connectivity index (χ1v) is 8.13. The predicted molar refractivity (Wildman–Crippen MR) is 86.9 cm³/mol. The third kappa shape index (κ3) is 5.59. The first-order valence-electron chi connectivity index (χ1n) is 7.31. The van der Waals surface area contributed by atoms with E-state index in [-0.39, 0.29) is 11.6 Å². The number of methoxy groups -OCH3 is 1. The molecule has 0 saturated carbocycles. The van der Waals surface area contributed by atoms with Crippen molar-refractivity contribution in [3.05, 3.63) is 23.0 Å². The Morgan fingerprint density at radius 2 is 1.95 bits per heavy atom. The van der Waals surface area contributed by atoms with E-state index >= 15 is 0 Å². The van der Waals surface area contributed by atoms with Gasteiger partial charge in [-0.25, -0.2) is 9.37 Å². The van der Waals surface area contributed by atoms with Gasteiger partial charge < -0.3 is 9.47 Å². The molecule has 118 valence electrons. The highest BCUT2D eigenvalue weighted by atomic mass is 32.1. The van der Waals surface area contributed by atoms with Crippen molar-refractivity contribution < 1.29 is 13.9 Å². The van der Waals surface area contributed by atoms with Gasteiger partial charge in [-0.2, -0.15) is 0 Å². The van der Waals surface area contributed by atoms with Crippen LogP contribution in [0.4, 0.5) is 4.39 Å². The summed E-state index contributed by atoms with van der Waals surface area (Å²) in [7, 11) is 1.45. The molecule has 0 atom stereocenters. The van der Waals surface area contributed by atoms with Crippen LogP contribution in [-0.2, 0) is 4.74 Å². The number of ether oxygens (including phenoxy) is 2. The van der Waals surface area contributed by atoms with E-state index in [1.165, 1.54) is 37.4 Å². The van der Waals surface area contributed by atoms with Crippen molar-refractivity contribution in [3.63, 3.8) is 0 Å². The number of nitrogens with zero attached hydrogens (tertiary/aromatic N) is 1. The van der Waals surface area contributed by atoms with E-state index in [1.54, 1.807) is 6.07 Å². The number of halogens is 1. The molecule has 0 aliphatic rings. The minimum Gasteiger partial charge on any atom is -0.491 e. The Morgan fingerprint density at radius 1 is 1.19 bits per heavy atom. The van der Waals surface area contributed by atoms with E-state index in [0.29, 0.717) is 5.52 Å². The van der Waals surface area contributed by atoms with Gasteiger partial charge >= 0.3 is 0 Å². The summed E-state index contributed by atoms with van der Waals surface area (Å²) in [5.41, 5.74) is 0.616. The fourth-order valence-electron chi connectivity index (χ4n) is 1.74. The fraction of sp³-hybridized carbons (Fsp3) is 0.562. The lowest BCUT2D eigenvalue weighted by molar-refractivity contribution is 0.132. The van der Waals surface area contributed by atoms with Gasteiger partial charge in [0.25, 0.3) is 0 Å². The number of benzene rings is 1. The minimum absolute atomic E-state index is 0.238. The van der Waals surface area contributed by atoms with E-state index in [9.17, 15) is 4.39 Å². The van der Waals surface area contributed by atoms with Gasteiger partial charge in [-0.15, -0.1) is 11.3 Å². The van der Waals surface area contributed by atoms with Crippen LogP contribution in [0.2, 0.25) is 0 Å². The van der Waals surface area contributed by atoms with Gasteiger partial charge in [0.1, 0.15) is 5.52 Å². The number of aryl methyl sites for hydroxylation is 1. The molecular formula is C16H24FNO2S. The topological polar surface area (TPSA) is 31.4 Å². The first kappa shape index (κ1) is 17.9. The molecule has 3 nitrogen and oxygen atoms in total. The largest absolute Gasteiger partial charge is 0.491 e. The average Bonchev–Trinajstić information content (AvgIpc) is 2.85. The maximum absolute atomic E-state index is 13.2. The molecule has 1 aromatic heterocycles. The molecule has 0 amide bonds. The van der Waals surface area contributed by atoms with Gasteiger partial charge in [-0.1, -0.05) is 20.3 Å². The number of fused-ring (bicyclic) bond motifs is 1. The molecule has 5 heteroatoms. The molecule has 0 unspecified atom stereocenters. The van der Waals surface area contributed by atoms with Crippen LogP contribution < -0.4 is 4.74 Å². The van der Waals surface area contributed by atoms with Crippen LogP contribution in [0.1, 0.15) is 38.1 Å². The van der Waals surface area contributed by atoms with Crippen molar-refractivity contribution in [1.29, 1.82) is 0 Å². The third-order valence-corrected chi connectivity index (χ3v) is 3.70. The molecule has 0 aliphatic heterocycles. The van der Waals surface area contributed by atoms with Crippen LogP contribution in [0.5, 0.6) is 5.75 Å². The summed E-state index contributed by atoms with van der Waals surface area (Å²) in [6.45, 7) is 8.08. The van der Waals surface area contributed by atoms with Crippen LogP contribution in [0, 0.1) is 12.7 Å². The molecule has 2 rings (SSSR count). The normalized spacial score (nSPS) is 10.3. The number of hydrogen-bond donors (Lipinski definition) is 0. The van der Waals surface area contributed by atoms with Gasteiger partial charge in [-0.3, -0.25) is 0 Å². The lowest BCUT2D eigenvalue weighted by Crippen LogP contribution is -1.93. The summed E-state index contributed by atoms with van der Waals surface area (Å²) >= 11 is 1.53. The Balaban J connectivity index is 0.000000240. The molecule has 0 fully saturated rings. The summed E-state index contributed by atoms with van der Waals surface area (Å²) < 4.78 is 24.3. The average molecular weight is 313 g/mol. The standard InChI is InChI=1S/C9H8FNOS.C7H16O/c1-5-11-8-7(13-5)4-3-6(10)9(8)12-2;1-3-5-7-8-6-4-2/h3-4H,1-2H3;3-7H2,1-2H3. The lowest BCUT2D eigenvalue weighted by atomic mass is 10.3. The number of unbranched alkanes of at least 4 members (excludes halogenated alkanes) is 1. The maximum Gasteiger partial charge on any atom is 0.181 e. The molecule has 0 saturated heterocycles. The maximum atomic E-state index is 13.2. The summed E-state index contributed by atoms with van der Waals surface area (Å²) in [5.74, 6) is -0.123. The number of hydrogen-bond acceptors (Lipinski definition) is 4. The number of rotatable bonds is 6. The second kappa shape index (κ2) is 9.68. The van der Waals surface area contributed by atoms with Gasteiger partial charge in [0.05, 0.1) is 16.8 Å². The summed E-state index contributed by atoms with van der Waals surface area (Å²) in [6, 6.07) is 3.12. The van der Waals surface area contributed by atoms with Crippen molar-refractivity contribution in [1.82, 2.24) is 4.98 Å². The van der Waals surface area contributed by atoms with Gasteiger partial charge in [-0.05, 0) is 31.9 Å². The minimum atomic E-state index is -0.361. The highest BCUT2D eigenvalue weighted by Crippen LogP contribution is 2.31. The van der Waals surface area contributed by atoms with Crippen LogP contribution in [-0.4, -0.2) is 25.3 Å². The Hall–Kier alpha value is -1.20. The van der Waals surface area contributed by atoms with Crippen LogP contribution in [0.3, 0.4) is 0 Å². The van der Waals surface area contributed by atoms with E-state index in [4.69, 9.17) is 9.47 Å². The highest BCUT2D eigenvalue weighted by Gasteiger charge is 2.11. The Morgan fingerprint density at radius 3 is 2.57 bits per heavy atom. The highest BCUT2D eigenvalue weighted by molar-refractivity contribution is 7.18. The zero-order valence-electron chi connectivity index (χ0n) is 13.2. The molecule has 2 aromatic rings. The number of thiazole rings is 1. The second-order valence-electron chi connectivity index (χ2n) is 4.63. The van der Waals surface area contributed by atoms with Crippen LogP contribution >= 0.6 is 11.3 Å². The first-order chi connectivity index (χ1) is 10.1. The third-order valence-electron chi connectivity index (χ3n) is 2.77. The van der Waals surface area contributed by atoms with E-state index in [1.807, 2.05) is 6.92 Å². The molecule has 0 spiro atoms. The van der Waals surface area contributed by atoms with E-state index in [2.05, 4.69) is 18.8 Å².